The predicted octanol–water partition coefficient (Wildman–Crippen LogP) is 4.10. The highest BCUT2D eigenvalue weighted by Crippen LogP contribution is 2.33. The summed E-state index contributed by atoms with van der Waals surface area (Å²) in [5.41, 5.74) is 1.33. The molecule has 0 saturated carbocycles. The van der Waals surface area contributed by atoms with Crippen LogP contribution in [0.25, 0.3) is 0 Å². The molecule has 0 saturated heterocycles. The van der Waals surface area contributed by atoms with Gasteiger partial charge < -0.3 is 9.64 Å². The van der Waals surface area contributed by atoms with Gasteiger partial charge in [0, 0.05) is 25.4 Å². The van der Waals surface area contributed by atoms with Gasteiger partial charge in [0.25, 0.3) is 0 Å². The van der Waals surface area contributed by atoms with Crippen molar-refractivity contribution in [1.82, 2.24) is 4.98 Å². The first-order chi connectivity index (χ1) is 14.6. The Hall–Kier alpha value is -3.11. The summed E-state index contributed by atoms with van der Waals surface area (Å²) in [6.45, 7) is 1.12. The number of ether oxygens (including phenoxy) is 1. The number of benzene rings is 2. The molecule has 1 aliphatic rings. The Morgan fingerprint density at radius 1 is 0.968 bits per heavy atom. The van der Waals surface area contributed by atoms with Crippen LogP contribution in [0.1, 0.15) is 16.7 Å². The molecule has 0 bridgehead atoms. The number of pyridine rings is 1. The van der Waals surface area contributed by atoms with Gasteiger partial charge in [-0.15, -0.1) is 0 Å². The van der Waals surface area contributed by atoms with E-state index >= 15 is 0 Å². The minimum Gasteiger partial charge on any atom is -0.457 e. The number of nitrogens with two attached hydrogens (primary N) is 1. The second-order valence-electron chi connectivity index (χ2n) is 7.12. The lowest BCUT2D eigenvalue weighted by Gasteiger charge is -2.30. The number of rotatable bonds is 4. The number of aromatic nitrogens is 1. The van der Waals surface area contributed by atoms with Crippen LogP contribution in [0.2, 0.25) is 0 Å². The number of alkyl halides is 3. The summed E-state index contributed by atoms with van der Waals surface area (Å²) >= 11 is 0. The fourth-order valence-corrected chi connectivity index (χ4v) is 3.91. The van der Waals surface area contributed by atoms with E-state index in [4.69, 9.17) is 9.88 Å². The summed E-state index contributed by atoms with van der Waals surface area (Å²) in [7, 11) is -3.84. The molecule has 0 fully saturated rings. The van der Waals surface area contributed by atoms with E-state index in [1.54, 1.807) is 6.07 Å². The number of anilines is 1. The molecule has 10 heteroatoms. The summed E-state index contributed by atoms with van der Waals surface area (Å²) in [5, 5.41) is 5.21. The fraction of sp³-hybridized carbons (Fsp3) is 0.190. The molecule has 0 radical (unpaired) electrons. The largest absolute Gasteiger partial charge is 0.457 e. The smallest absolute Gasteiger partial charge is 0.416 e. The lowest BCUT2D eigenvalue weighted by atomic mass is 9.99. The van der Waals surface area contributed by atoms with E-state index in [0.29, 0.717) is 30.4 Å². The van der Waals surface area contributed by atoms with Crippen LogP contribution in [-0.4, -0.2) is 19.9 Å². The van der Waals surface area contributed by atoms with Crippen LogP contribution in [-0.2, 0) is 29.2 Å². The van der Waals surface area contributed by atoms with Crippen molar-refractivity contribution in [2.24, 2.45) is 5.14 Å². The molecule has 31 heavy (non-hydrogen) atoms. The summed E-state index contributed by atoms with van der Waals surface area (Å²) in [6, 6.07) is 12.8. The van der Waals surface area contributed by atoms with Crippen LogP contribution in [0.4, 0.5) is 19.0 Å². The van der Waals surface area contributed by atoms with Crippen LogP contribution >= 0.6 is 0 Å². The molecule has 0 atom stereocenters. The molecule has 1 aromatic heterocycles. The number of halogens is 3. The van der Waals surface area contributed by atoms with Gasteiger partial charge in [0.1, 0.15) is 17.3 Å². The average molecular weight is 449 g/mol. The predicted molar refractivity (Wildman–Crippen MR) is 108 cm³/mol. The maximum Gasteiger partial charge on any atom is 0.416 e. The fourth-order valence-electron chi connectivity index (χ4n) is 3.39. The van der Waals surface area contributed by atoms with E-state index < -0.39 is 21.8 Å². The highest BCUT2D eigenvalue weighted by Gasteiger charge is 2.30. The maximum absolute atomic E-state index is 12.7. The van der Waals surface area contributed by atoms with E-state index in [-0.39, 0.29) is 4.90 Å². The topological polar surface area (TPSA) is 85.5 Å². The van der Waals surface area contributed by atoms with Gasteiger partial charge in [0.2, 0.25) is 10.0 Å². The second kappa shape index (κ2) is 7.86. The highest BCUT2D eigenvalue weighted by molar-refractivity contribution is 7.89. The van der Waals surface area contributed by atoms with Crippen LogP contribution in [0.5, 0.6) is 11.5 Å². The van der Waals surface area contributed by atoms with E-state index in [0.717, 1.165) is 29.7 Å². The van der Waals surface area contributed by atoms with Crippen molar-refractivity contribution in [3.63, 3.8) is 0 Å². The average Bonchev–Trinajstić information content (AvgIpc) is 2.72. The quantitative estimate of drug-likeness (QED) is 0.648. The molecule has 0 amide bonds. The van der Waals surface area contributed by atoms with Gasteiger partial charge >= 0.3 is 6.18 Å². The number of fused-ring (bicyclic) bond motifs is 1. The minimum atomic E-state index is -4.40. The Morgan fingerprint density at radius 2 is 1.68 bits per heavy atom. The monoisotopic (exact) mass is 449 g/mol. The van der Waals surface area contributed by atoms with Crippen molar-refractivity contribution in [1.29, 1.82) is 0 Å². The maximum atomic E-state index is 12.7. The van der Waals surface area contributed by atoms with Crippen molar-refractivity contribution in [2.75, 3.05) is 11.4 Å². The molecule has 1 aliphatic heterocycles. The Morgan fingerprint density at radius 3 is 2.35 bits per heavy atom. The van der Waals surface area contributed by atoms with Crippen molar-refractivity contribution in [3.8, 4) is 11.5 Å². The summed E-state index contributed by atoms with van der Waals surface area (Å²) in [6.07, 6.45) is -2.28. The third-order valence-electron chi connectivity index (χ3n) is 4.98. The minimum absolute atomic E-state index is 0.0114. The Balaban J connectivity index is 1.53. The third kappa shape index (κ3) is 4.80. The van der Waals surface area contributed by atoms with Gasteiger partial charge in [-0.25, -0.2) is 18.5 Å². The molecular formula is C21H18F3N3O3S. The van der Waals surface area contributed by atoms with Gasteiger partial charge in [-0.05, 0) is 60.0 Å². The van der Waals surface area contributed by atoms with Gasteiger partial charge in [-0.2, -0.15) is 13.2 Å². The van der Waals surface area contributed by atoms with Crippen LogP contribution < -0.4 is 14.8 Å². The normalized spacial score (nSPS) is 14.3. The van der Waals surface area contributed by atoms with E-state index in [1.165, 1.54) is 30.5 Å². The third-order valence-corrected chi connectivity index (χ3v) is 5.89. The Labute approximate surface area is 177 Å². The Kier molecular flexibility index (Phi) is 5.36. The van der Waals surface area contributed by atoms with Gasteiger partial charge in [0.05, 0.1) is 10.5 Å². The molecule has 3 aromatic rings. The number of nitrogens with zero attached hydrogens (tertiary/aromatic N) is 2. The SMILES string of the molecule is NS(=O)(=O)c1ccnc(N2CCc3ccc(Oc4ccc(C(F)(F)F)cc4)cc3C2)c1. The van der Waals surface area contributed by atoms with E-state index in [9.17, 15) is 21.6 Å². The van der Waals surface area contributed by atoms with Gasteiger partial charge in [0.15, 0.2) is 0 Å². The van der Waals surface area contributed by atoms with E-state index in [1.807, 2.05) is 17.0 Å². The van der Waals surface area contributed by atoms with Crippen molar-refractivity contribution in [2.45, 2.75) is 24.0 Å². The lowest BCUT2D eigenvalue weighted by molar-refractivity contribution is -0.137. The van der Waals surface area contributed by atoms with Gasteiger partial charge in [-0.3, -0.25) is 0 Å². The molecule has 0 spiro atoms. The van der Waals surface area contributed by atoms with Crippen LogP contribution in [0.15, 0.2) is 65.7 Å². The lowest BCUT2D eigenvalue weighted by Crippen LogP contribution is -2.31. The zero-order valence-electron chi connectivity index (χ0n) is 16.1. The summed E-state index contributed by atoms with van der Waals surface area (Å²) in [5.74, 6) is 1.28. The molecule has 4 rings (SSSR count). The van der Waals surface area contributed by atoms with Crippen LogP contribution in [0.3, 0.4) is 0 Å². The first-order valence-corrected chi connectivity index (χ1v) is 10.8. The molecule has 2 N–H and O–H groups in total. The highest BCUT2D eigenvalue weighted by atomic mass is 32.2. The van der Waals surface area contributed by atoms with Crippen molar-refractivity contribution in [3.05, 3.63) is 77.5 Å². The number of hydrogen-bond donors (Lipinski definition) is 1. The first-order valence-electron chi connectivity index (χ1n) is 9.30. The number of hydrogen-bond acceptors (Lipinski definition) is 5. The molecule has 6 nitrogen and oxygen atoms in total. The second-order valence-corrected chi connectivity index (χ2v) is 8.68. The van der Waals surface area contributed by atoms with E-state index in [2.05, 4.69) is 4.98 Å². The standard InChI is InChI=1S/C21H18F3N3O3S/c22-21(23,24)16-2-5-17(6-3-16)30-18-4-1-14-8-10-27(13-15(14)11-18)20-12-19(7-9-26-20)31(25,28)29/h1-7,9,11-12H,8,10,13H2,(H2,25,28,29). The molecular weight excluding hydrogens is 431 g/mol. The summed E-state index contributed by atoms with van der Waals surface area (Å²) < 4.78 is 67.1. The zero-order chi connectivity index (χ0) is 22.2. The number of primary sulfonamides is 1. The zero-order valence-corrected chi connectivity index (χ0v) is 16.9. The van der Waals surface area contributed by atoms with Crippen molar-refractivity contribution < 1.29 is 26.3 Å². The molecule has 0 aliphatic carbocycles. The van der Waals surface area contributed by atoms with Crippen molar-refractivity contribution >= 4 is 15.8 Å². The molecule has 162 valence electrons. The Bertz CT molecular complexity index is 1210. The summed E-state index contributed by atoms with van der Waals surface area (Å²) in [4.78, 5) is 6.17. The van der Waals surface area contributed by atoms with Gasteiger partial charge in [-0.1, -0.05) is 6.07 Å². The number of sulfonamides is 1. The molecule has 2 heterocycles. The molecule has 2 aromatic carbocycles. The molecule has 0 unspecified atom stereocenters. The van der Waals surface area contributed by atoms with Crippen LogP contribution in [0, 0.1) is 0 Å². The first kappa shape index (κ1) is 21.1.